The fourth-order valence-corrected chi connectivity index (χ4v) is 2.08. The smallest absolute Gasteiger partial charge is 0.174 e. The third kappa shape index (κ3) is 2.20. The monoisotopic (exact) mass is 283 g/mol. The maximum Gasteiger partial charge on any atom is 0.174 e. The minimum atomic E-state index is -0.196. The lowest BCUT2D eigenvalue weighted by molar-refractivity contribution is 0.534. The normalized spacial score (nSPS) is 12.9. The molecule has 4 nitrogen and oxygen atoms in total. The summed E-state index contributed by atoms with van der Waals surface area (Å²) in [5.41, 5.74) is 8.06. The van der Waals surface area contributed by atoms with Crippen molar-refractivity contribution in [3.63, 3.8) is 0 Å². The van der Waals surface area contributed by atoms with E-state index >= 15 is 0 Å². The first-order chi connectivity index (χ1) is 7.72. The van der Waals surface area contributed by atoms with E-state index in [-0.39, 0.29) is 6.04 Å². The third-order valence-corrected chi connectivity index (χ3v) is 3.09. The highest BCUT2D eigenvalue weighted by Gasteiger charge is 2.15. The van der Waals surface area contributed by atoms with Crippen molar-refractivity contribution in [2.75, 3.05) is 0 Å². The Morgan fingerprint density at radius 3 is 3.06 bits per heavy atom. The van der Waals surface area contributed by atoms with Crippen molar-refractivity contribution in [1.82, 2.24) is 9.78 Å². The SMILES string of the molecule is CCCn1cc(C(N)c2ccoc2Br)cn1. The molecule has 0 amide bonds. The molecular weight excluding hydrogens is 270 g/mol. The minimum absolute atomic E-state index is 0.196. The first kappa shape index (κ1) is 11.4. The predicted octanol–water partition coefficient (Wildman–Crippen LogP) is 2.70. The molecule has 86 valence electrons. The number of hydrogen-bond acceptors (Lipinski definition) is 3. The zero-order chi connectivity index (χ0) is 11.5. The van der Waals surface area contributed by atoms with Crippen LogP contribution in [-0.2, 0) is 6.54 Å². The lowest BCUT2D eigenvalue weighted by Crippen LogP contribution is -2.10. The fourth-order valence-electron chi connectivity index (χ4n) is 1.60. The van der Waals surface area contributed by atoms with E-state index in [1.165, 1.54) is 0 Å². The molecule has 0 fully saturated rings. The number of nitrogens with zero attached hydrogens (tertiary/aromatic N) is 2. The molecule has 0 bridgehead atoms. The van der Waals surface area contributed by atoms with Crippen molar-refractivity contribution < 1.29 is 4.42 Å². The summed E-state index contributed by atoms with van der Waals surface area (Å²) >= 11 is 3.33. The second-order valence-electron chi connectivity index (χ2n) is 3.66. The third-order valence-electron chi connectivity index (χ3n) is 2.45. The molecule has 2 rings (SSSR count). The minimum Gasteiger partial charge on any atom is -0.457 e. The first-order valence-electron chi connectivity index (χ1n) is 5.23. The van der Waals surface area contributed by atoms with Crippen molar-refractivity contribution in [3.05, 3.63) is 40.5 Å². The molecule has 0 spiro atoms. The Balaban J connectivity index is 2.20. The number of halogens is 1. The molecule has 2 heterocycles. The maximum atomic E-state index is 6.13. The maximum absolute atomic E-state index is 6.13. The standard InChI is InChI=1S/C11H14BrN3O/c1-2-4-15-7-8(6-14-15)10(13)9-3-5-16-11(9)12/h3,5-7,10H,2,4,13H2,1H3. The van der Waals surface area contributed by atoms with E-state index in [9.17, 15) is 0 Å². The molecule has 2 aromatic heterocycles. The molecule has 2 N–H and O–H groups in total. The van der Waals surface area contributed by atoms with Gasteiger partial charge in [-0.15, -0.1) is 0 Å². The summed E-state index contributed by atoms with van der Waals surface area (Å²) in [4.78, 5) is 0. The Bertz CT molecular complexity index is 463. The molecule has 0 aliphatic heterocycles. The highest BCUT2D eigenvalue weighted by atomic mass is 79.9. The van der Waals surface area contributed by atoms with Crippen LogP contribution in [0.15, 0.2) is 33.8 Å². The summed E-state index contributed by atoms with van der Waals surface area (Å²) in [5, 5.41) is 4.26. The van der Waals surface area contributed by atoms with Gasteiger partial charge in [0.15, 0.2) is 4.67 Å². The Labute approximate surface area is 103 Å². The summed E-state index contributed by atoms with van der Waals surface area (Å²) in [6.07, 6.45) is 6.47. The van der Waals surface area contributed by atoms with E-state index in [0.717, 1.165) is 24.1 Å². The van der Waals surface area contributed by atoms with Crippen molar-refractivity contribution >= 4 is 15.9 Å². The zero-order valence-electron chi connectivity index (χ0n) is 9.06. The van der Waals surface area contributed by atoms with Gasteiger partial charge < -0.3 is 10.2 Å². The molecule has 16 heavy (non-hydrogen) atoms. The van der Waals surface area contributed by atoms with Crippen LogP contribution in [0.5, 0.6) is 0 Å². The molecule has 0 saturated heterocycles. The Hall–Kier alpha value is -1.07. The van der Waals surface area contributed by atoms with Crippen LogP contribution in [0, 0.1) is 0 Å². The van der Waals surface area contributed by atoms with E-state index in [0.29, 0.717) is 4.67 Å². The van der Waals surface area contributed by atoms with E-state index in [4.69, 9.17) is 10.2 Å². The summed E-state index contributed by atoms with van der Waals surface area (Å²) in [6.45, 7) is 3.03. The van der Waals surface area contributed by atoms with E-state index in [2.05, 4.69) is 28.0 Å². The van der Waals surface area contributed by atoms with Crippen LogP contribution in [0.1, 0.15) is 30.5 Å². The highest BCUT2D eigenvalue weighted by molar-refractivity contribution is 9.10. The molecule has 0 aliphatic carbocycles. The average molecular weight is 284 g/mol. The van der Waals surface area contributed by atoms with Gasteiger partial charge in [-0.1, -0.05) is 6.92 Å². The summed E-state index contributed by atoms with van der Waals surface area (Å²) in [5.74, 6) is 0. The number of aromatic nitrogens is 2. The van der Waals surface area contributed by atoms with Gasteiger partial charge in [-0.3, -0.25) is 4.68 Å². The molecule has 1 unspecified atom stereocenters. The quantitative estimate of drug-likeness (QED) is 0.939. The van der Waals surface area contributed by atoms with Crippen molar-refractivity contribution in [2.24, 2.45) is 5.73 Å². The Morgan fingerprint density at radius 1 is 1.62 bits per heavy atom. The average Bonchev–Trinajstić information content (AvgIpc) is 2.87. The van der Waals surface area contributed by atoms with Crippen LogP contribution in [0.25, 0.3) is 0 Å². The summed E-state index contributed by atoms with van der Waals surface area (Å²) in [7, 11) is 0. The van der Waals surface area contributed by atoms with Gasteiger partial charge in [-0.2, -0.15) is 5.10 Å². The van der Waals surface area contributed by atoms with Gasteiger partial charge in [0.1, 0.15) is 0 Å². The van der Waals surface area contributed by atoms with Crippen molar-refractivity contribution in [1.29, 1.82) is 0 Å². The van der Waals surface area contributed by atoms with Crippen LogP contribution < -0.4 is 5.73 Å². The number of hydrogen-bond donors (Lipinski definition) is 1. The van der Waals surface area contributed by atoms with Gasteiger partial charge in [0, 0.05) is 23.9 Å². The second-order valence-corrected chi connectivity index (χ2v) is 4.38. The fraction of sp³-hybridized carbons (Fsp3) is 0.364. The molecule has 1 atom stereocenters. The largest absolute Gasteiger partial charge is 0.457 e. The van der Waals surface area contributed by atoms with Gasteiger partial charge >= 0.3 is 0 Å². The van der Waals surface area contributed by atoms with Gasteiger partial charge in [0.2, 0.25) is 0 Å². The van der Waals surface area contributed by atoms with Crippen LogP contribution >= 0.6 is 15.9 Å². The lowest BCUT2D eigenvalue weighted by Gasteiger charge is -2.06. The second kappa shape index (κ2) is 4.84. The van der Waals surface area contributed by atoms with Crippen molar-refractivity contribution in [2.45, 2.75) is 25.9 Å². The number of nitrogens with two attached hydrogens (primary N) is 1. The molecule has 0 radical (unpaired) electrons. The summed E-state index contributed by atoms with van der Waals surface area (Å²) in [6, 6.07) is 1.67. The van der Waals surface area contributed by atoms with Gasteiger partial charge in [0.25, 0.3) is 0 Å². The number of furan rings is 1. The van der Waals surface area contributed by atoms with Crippen molar-refractivity contribution in [3.8, 4) is 0 Å². The molecule has 2 aromatic rings. The highest BCUT2D eigenvalue weighted by Crippen LogP contribution is 2.27. The number of rotatable bonds is 4. The van der Waals surface area contributed by atoms with Crippen LogP contribution in [0.2, 0.25) is 0 Å². The molecule has 5 heteroatoms. The van der Waals surface area contributed by atoms with Crippen LogP contribution in [-0.4, -0.2) is 9.78 Å². The lowest BCUT2D eigenvalue weighted by atomic mass is 10.1. The summed E-state index contributed by atoms with van der Waals surface area (Å²) < 4.78 is 7.76. The molecular formula is C11H14BrN3O. The van der Waals surface area contributed by atoms with Gasteiger partial charge in [-0.05, 0) is 28.4 Å². The molecule has 0 aromatic carbocycles. The first-order valence-corrected chi connectivity index (χ1v) is 6.02. The number of aryl methyl sites for hydroxylation is 1. The van der Waals surface area contributed by atoms with Crippen LogP contribution in [0.3, 0.4) is 0 Å². The predicted molar refractivity (Wildman–Crippen MR) is 65.0 cm³/mol. The van der Waals surface area contributed by atoms with Gasteiger partial charge in [0.05, 0.1) is 18.5 Å². The zero-order valence-corrected chi connectivity index (χ0v) is 10.6. The Morgan fingerprint density at radius 2 is 2.44 bits per heavy atom. The van der Waals surface area contributed by atoms with E-state index in [1.54, 1.807) is 12.5 Å². The van der Waals surface area contributed by atoms with Gasteiger partial charge in [-0.25, -0.2) is 0 Å². The van der Waals surface area contributed by atoms with Crippen LogP contribution in [0.4, 0.5) is 0 Å². The topological polar surface area (TPSA) is 57.0 Å². The van der Waals surface area contributed by atoms with E-state index in [1.807, 2.05) is 16.9 Å². The molecule has 0 aliphatic rings. The molecule has 0 saturated carbocycles. The Kier molecular flexibility index (Phi) is 3.46. The van der Waals surface area contributed by atoms with E-state index < -0.39 is 0 Å².